The number of carbonyl (C=O) groups excluding carboxylic acids is 3. The van der Waals surface area contributed by atoms with Crippen LogP contribution in [0.25, 0.3) is 0 Å². The van der Waals surface area contributed by atoms with Crippen molar-refractivity contribution in [3.05, 3.63) is 108 Å². The fourth-order valence-corrected chi connectivity index (χ4v) is 3.80. The van der Waals surface area contributed by atoms with Crippen LogP contribution in [0.1, 0.15) is 38.0 Å². The van der Waals surface area contributed by atoms with E-state index in [1.54, 1.807) is 97.9 Å². The van der Waals surface area contributed by atoms with Gasteiger partial charge in [0.05, 0.1) is 16.7 Å². The van der Waals surface area contributed by atoms with Crippen LogP contribution >= 0.6 is 0 Å². The Morgan fingerprint density at radius 3 is 1.67 bits per heavy atom. The van der Waals surface area contributed by atoms with Gasteiger partial charge in [0.15, 0.2) is 6.10 Å². The van der Waals surface area contributed by atoms with Gasteiger partial charge in [-0.3, -0.25) is 0 Å². The molecule has 1 aliphatic heterocycles. The third-order valence-electron chi connectivity index (χ3n) is 5.85. The molecule has 186 valence electrons. The Morgan fingerprint density at radius 2 is 1.17 bits per heavy atom. The largest absolute Gasteiger partial charge is 0.459 e. The van der Waals surface area contributed by atoms with Crippen molar-refractivity contribution in [3.63, 3.8) is 0 Å². The van der Waals surface area contributed by atoms with Crippen LogP contribution in [0.3, 0.4) is 0 Å². The smallest absolute Gasteiger partial charge is 0.340 e. The van der Waals surface area contributed by atoms with E-state index in [1.807, 2.05) is 0 Å². The quantitative estimate of drug-likeness (QED) is 0.395. The van der Waals surface area contributed by atoms with Gasteiger partial charge in [-0.2, -0.15) is 0 Å². The second kappa shape index (κ2) is 11.6. The molecule has 0 saturated carbocycles. The molecule has 3 aromatic rings. The van der Waals surface area contributed by atoms with Crippen LogP contribution in [0.5, 0.6) is 0 Å². The van der Waals surface area contributed by atoms with Gasteiger partial charge < -0.3 is 24.1 Å². The number of benzene rings is 3. The Hall–Kier alpha value is -4.01. The van der Waals surface area contributed by atoms with Crippen LogP contribution in [-0.4, -0.2) is 54.2 Å². The minimum atomic E-state index is -1.26. The van der Waals surface area contributed by atoms with Gasteiger partial charge in [-0.1, -0.05) is 61.5 Å². The molecule has 0 aliphatic carbocycles. The predicted octanol–water partition coefficient (Wildman–Crippen LogP) is 3.65. The lowest BCUT2D eigenvalue weighted by Gasteiger charge is -2.42. The first-order valence-corrected chi connectivity index (χ1v) is 11.5. The van der Waals surface area contributed by atoms with E-state index >= 15 is 0 Å². The summed E-state index contributed by atoms with van der Waals surface area (Å²) in [5, 5.41) is 11.1. The van der Waals surface area contributed by atoms with E-state index in [-0.39, 0.29) is 12.2 Å². The van der Waals surface area contributed by atoms with Gasteiger partial charge in [0, 0.05) is 5.92 Å². The molecular weight excluding hydrogens is 464 g/mol. The first-order valence-electron chi connectivity index (χ1n) is 11.5. The second-order valence-corrected chi connectivity index (χ2v) is 8.36. The van der Waals surface area contributed by atoms with Crippen molar-refractivity contribution < 1.29 is 38.4 Å². The number of aliphatic hydroxyl groups excluding tert-OH is 1. The number of rotatable bonds is 7. The molecule has 3 unspecified atom stereocenters. The third-order valence-corrected chi connectivity index (χ3v) is 5.85. The van der Waals surface area contributed by atoms with Crippen LogP contribution in [0.15, 0.2) is 91.0 Å². The fraction of sp³-hybridized carbons (Fsp3) is 0.250. The van der Waals surface area contributed by atoms with Gasteiger partial charge in [0.1, 0.15) is 18.8 Å². The Balaban J connectivity index is 1.51. The average molecular weight is 491 g/mol. The van der Waals surface area contributed by atoms with Crippen LogP contribution in [0, 0.1) is 5.92 Å². The van der Waals surface area contributed by atoms with Crippen molar-refractivity contribution in [2.24, 2.45) is 5.92 Å². The predicted molar refractivity (Wildman–Crippen MR) is 128 cm³/mol. The SMILES string of the molecule is C[C@@H]1C(OC(=O)c2ccccc2)O[C@H](COC(=O)c2ccccc2)C(OC(=O)c2ccccc2)C1O. The molecule has 8 heteroatoms. The molecule has 1 N–H and O–H groups in total. The van der Waals surface area contributed by atoms with Gasteiger partial charge in [0.25, 0.3) is 0 Å². The van der Waals surface area contributed by atoms with Crippen molar-refractivity contribution in [2.75, 3.05) is 6.61 Å². The number of carbonyl (C=O) groups is 3. The molecule has 0 amide bonds. The molecule has 1 saturated heterocycles. The molecule has 5 atom stereocenters. The van der Waals surface area contributed by atoms with E-state index in [9.17, 15) is 19.5 Å². The van der Waals surface area contributed by atoms with E-state index in [1.165, 1.54) is 0 Å². The highest BCUT2D eigenvalue weighted by Crippen LogP contribution is 2.30. The van der Waals surface area contributed by atoms with E-state index < -0.39 is 48.4 Å². The Morgan fingerprint density at radius 1 is 0.722 bits per heavy atom. The standard InChI is InChI=1S/C28H26O8/c1-18-23(29)24(35-26(31)20-13-7-3-8-14-20)22(17-33-25(30)19-11-5-2-6-12-19)34-28(18)36-27(32)21-15-9-4-10-16-21/h2-16,18,22-24,28-29H,17H2,1H3/t18-,22+,23?,24?,28?/m0/s1. The Labute approximate surface area is 208 Å². The maximum absolute atomic E-state index is 12.7. The maximum atomic E-state index is 12.7. The molecule has 4 rings (SSSR count). The molecule has 0 radical (unpaired) electrons. The Bertz CT molecular complexity index is 1170. The summed E-state index contributed by atoms with van der Waals surface area (Å²) in [7, 11) is 0. The highest BCUT2D eigenvalue weighted by Gasteiger charge is 2.47. The monoisotopic (exact) mass is 490 g/mol. The highest BCUT2D eigenvalue weighted by molar-refractivity contribution is 5.90. The molecule has 1 heterocycles. The summed E-state index contributed by atoms with van der Waals surface area (Å²) in [6.07, 6.45) is -4.70. The summed E-state index contributed by atoms with van der Waals surface area (Å²) in [6, 6.07) is 25.0. The summed E-state index contributed by atoms with van der Waals surface area (Å²) in [6.45, 7) is 1.27. The first kappa shape index (κ1) is 25.1. The number of hydrogen-bond donors (Lipinski definition) is 1. The summed E-state index contributed by atoms with van der Waals surface area (Å²) < 4.78 is 22.5. The van der Waals surface area contributed by atoms with Gasteiger partial charge >= 0.3 is 17.9 Å². The molecular formula is C28H26O8. The number of hydrogen-bond acceptors (Lipinski definition) is 8. The normalized spacial score (nSPS) is 23.3. The molecule has 1 aliphatic rings. The first-order chi connectivity index (χ1) is 17.4. The van der Waals surface area contributed by atoms with Gasteiger partial charge in [-0.25, -0.2) is 14.4 Å². The second-order valence-electron chi connectivity index (χ2n) is 8.36. The lowest BCUT2D eigenvalue weighted by molar-refractivity contribution is -0.264. The zero-order valence-electron chi connectivity index (χ0n) is 19.6. The van der Waals surface area contributed by atoms with Gasteiger partial charge in [-0.15, -0.1) is 0 Å². The minimum absolute atomic E-state index is 0.287. The van der Waals surface area contributed by atoms with E-state index in [4.69, 9.17) is 18.9 Å². The zero-order chi connectivity index (χ0) is 25.5. The molecule has 1 fully saturated rings. The molecule has 0 bridgehead atoms. The van der Waals surface area contributed by atoms with E-state index in [2.05, 4.69) is 0 Å². The van der Waals surface area contributed by atoms with Crippen LogP contribution in [0.4, 0.5) is 0 Å². The van der Waals surface area contributed by atoms with Crippen molar-refractivity contribution in [1.29, 1.82) is 0 Å². The molecule has 3 aromatic carbocycles. The molecule has 0 spiro atoms. The molecule has 0 aromatic heterocycles. The van der Waals surface area contributed by atoms with Crippen LogP contribution < -0.4 is 0 Å². The van der Waals surface area contributed by atoms with Crippen LogP contribution in [-0.2, 0) is 18.9 Å². The van der Waals surface area contributed by atoms with Crippen molar-refractivity contribution in [2.45, 2.75) is 31.5 Å². The summed E-state index contributed by atoms with van der Waals surface area (Å²) >= 11 is 0. The number of ether oxygens (including phenoxy) is 4. The lowest BCUT2D eigenvalue weighted by Crippen LogP contribution is -2.57. The summed E-state index contributed by atoms with van der Waals surface area (Å²) in [4.78, 5) is 37.8. The third kappa shape index (κ3) is 5.97. The fourth-order valence-electron chi connectivity index (χ4n) is 3.80. The van der Waals surface area contributed by atoms with Gasteiger partial charge in [0.2, 0.25) is 6.29 Å². The maximum Gasteiger partial charge on any atom is 0.340 e. The Kier molecular flexibility index (Phi) is 8.10. The summed E-state index contributed by atoms with van der Waals surface area (Å²) in [5.41, 5.74) is 0.926. The molecule has 36 heavy (non-hydrogen) atoms. The minimum Gasteiger partial charge on any atom is -0.459 e. The van der Waals surface area contributed by atoms with Crippen molar-refractivity contribution >= 4 is 17.9 Å². The van der Waals surface area contributed by atoms with E-state index in [0.717, 1.165) is 0 Å². The van der Waals surface area contributed by atoms with Crippen LogP contribution in [0.2, 0.25) is 0 Å². The van der Waals surface area contributed by atoms with Crippen molar-refractivity contribution in [1.82, 2.24) is 0 Å². The average Bonchev–Trinajstić information content (AvgIpc) is 2.93. The molecule has 8 nitrogen and oxygen atoms in total. The lowest BCUT2D eigenvalue weighted by atomic mass is 9.92. The topological polar surface area (TPSA) is 108 Å². The van der Waals surface area contributed by atoms with Gasteiger partial charge in [-0.05, 0) is 36.4 Å². The number of esters is 3. The van der Waals surface area contributed by atoms with E-state index in [0.29, 0.717) is 11.1 Å². The number of aliphatic hydroxyl groups is 1. The summed E-state index contributed by atoms with van der Waals surface area (Å²) in [5.74, 6) is -2.67. The highest BCUT2D eigenvalue weighted by atomic mass is 16.7. The van der Waals surface area contributed by atoms with Crippen molar-refractivity contribution in [3.8, 4) is 0 Å². The zero-order valence-corrected chi connectivity index (χ0v) is 19.6.